The van der Waals surface area contributed by atoms with E-state index in [1.165, 1.54) is 20.3 Å². The number of hydrogen-bond acceptors (Lipinski definition) is 4. The molecule has 0 unspecified atom stereocenters. The average molecular weight is 214 g/mol. The van der Waals surface area contributed by atoms with Crippen LogP contribution in [0.1, 0.15) is 6.92 Å². The van der Waals surface area contributed by atoms with Gasteiger partial charge in [-0.3, -0.25) is 0 Å². The maximum absolute atomic E-state index is 10.7. The summed E-state index contributed by atoms with van der Waals surface area (Å²) in [5, 5.41) is 11.8. The smallest absolute Gasteiger partial charge is 0.334 e. The largest absolute Gasteiger partial charge is 0.340 e. The van der Waals surface area contributed by atoms with E-state index in [4.69, 9.17) is 0 Å². The minimum Gasteiger partial charge on any atom is -0.340 e. The molecule has 0 aromatic rings. The summed E-state index contributed by atoms with van der Waals surface area (Å²) < 4.78 is 0. The Balaban J connectivity index is 3.95. The van der Waals surface area contributed by atoms with Crippen molar-refractivity contribution in [2.45, 2.75) is 6.92 Å². The Morgan fingerprint density at radius 2 is 1.60 bits per heavy atom. The molecule has 0 aliphatic carbocycles. The molecule has 0 saturated heterocycles. The summed E-state index contributed by atoms with van der Waals surface area (Å²) in [4.78, 5) is 21.3. The van der Waals surface area contributed by atoms with E-state index in [1.807, 2.05) is 0 Å². The second kappa shape index (κ2) is 7.30. The summed E-state index contributed by atoms with van der Waals surface area (Å²) in [5.74, 6) is 0. The first kappa shape index (κ1) is 12.9. The number of rotatable bonds is 3. The Morgan fingerprint density at radius 1 is 1.07 bits per heavy atom. The Labute approximate surface area is 87.2 Å². The van der Waals surface area contributed by atoms with Gasteiger partial charge in [-0.1, -0.05) is 0 Å². The van der Waals surface area contributed by atoms with Crippen LogP contribution in [0.2, 0.25) is 0 Å². The topological polar surface area (TPSA) is 107 Å². The van der Waals surface area contributed by atoms with E-state index >= 15 is 0 Å². The third-order valence-corrected chi connectivity index (χ3v) is 1.21. The number of urea groups is 2. The average Bonchev–Trinajstić information content (AvgIpc) is 2.25. The molecule has 0 atom stereocenters. The van der Waals surface area contributed by atoms with Crippen molar-refractivity contribution in [3.05, 3.63) is 0 Å². The molecule has 0 aliphatic rings. The van der Waals surface area contributed by atoms with E-state index in [0.29, 0.717) is 5.71 Å². The number of carbonyl (C=O) groups excluding carboxylic acids is 2. The highest BCUT2D eigenvalue weighted by Gasteiger charge is 1.93. The lowest BCUT2D eigenvalue weighted by atomic mass is 10.5. The van der Waals surface area contributed by atoms with Crippen LogP contribution in [-0.4, -0.2) is 38.1 Å². The van der Waals surface area contributed by atoms with E-state index in [2.05, 4.69) is 31.7 Å². The first-order valence-electron chi connectivity index (χ1n) is 4.13. The Hall–Kier alpha value is -2.12. The number of nitrogens with zero attached hydrogens (tertiary/aromatic N) is 2. The fourth-order valence-corrected chi connectivity index (χ4v) is 0.464. The molecule has 0 heterocycles. The second-order valence-corrected chi connectivity index (χ2v) is 2.39. The van der Waals surface area contributed by atoms with Crippen molar-refractivity contribution in [3.63, 3.8) is 0 Å². The highest BCUT2D eigenvalue weighted by molar-refractivity contribution is 6.29. The highest BCUT2D eigenvalue weighted by Crippen LogP contribution is 1.71. The van der Waals surface area contributed by atoms with Crippen LogP contribution in [0.4, 0.5) is 9.59 Å². The number of amides is 4. The van der Waals surface area contributed by atoms with Crippen molar-refractivity contribution in [1.82, 2.24) is 21.5 Å². The van der Waals surface area contributed by atoms with Crippen LogP contribution >= 0.6 is 0 Å². The molecule has 0 fully saturated rings. The summed E-state index contributed by atoms with van der Waals surface area (Å²) in [6.45, 7) is 1.62. The van der Waals surface area contributed by atoms with E-state index in [1.54, 1.807) is 6.92 Å². The molecule has 0 aromatic carbocycles. The van der Waals surface area contributed by atoms with Gasteiger partial charge in [0.2, 0.25) is 0 Å². The zero-order valence-electron chi connectivity index (χ0n) is 8.79. The van der Waals surface area contributed by atoms with Crippen LogP contribution in [0.5, 0.6) is 0 Å². The van der Waals surface area contributed by atoms with Gasteiger partial charge in [0.05, 0.1) is 11.9 Å². The minimum absolute atomic E-state index is 0.429. The van der Waals surface area contributed by atoms with Crippen molar-refractivity contribution in [3.8, 4) is 0 Å². The lowest BCUT2D eigenvalue weighted by molar-refractivity contribution is 0.242. The predicted octanol–water partition coefficient (Wildman–Crippen LogP) is -0.794. The lowest BCUT2D eigenvalue weighted by Crippen LogP contribution is -2.30. The SMILES string of the molecule is CNC(=O)NN=C(C)/C=N/NC(=O)NC. The van der Waals surface area contributed by atoms with E-state index in [-0.39, 0.29) is 0 Å². The van der Waals surface area contributed by atoms with Crippen LogP contribution in [0.25, 0.3) is 0 Å². The normalized spacial score (nSPS) is 11.0. The maximum Gasteiger partial charge on any atom is 0.334 e. The fourth-order valence-electron chi connectivity index (χ4n) is 0.464. The quantitative estimate of drug-likeness (QED) is 0.365. The fraction of sp³-hybridized carbons (Fsp3) is 0.429. The van der Waals surface area contributed by atoms with E-state index < -0.39 is 12.1 Å². The van der Waals surface area contributed by atoms with Crippen LogP contribution in [0.15, 0.2) is 10.2 Å². The van der Waals surface area contributed by atoms with Gasteiger partial charge in [-0.2, -0.15) is 10.2 Å². The molecular formula is C7H14N6O2. The number of hydrazone groups is 2. The monoisotopic (exact) mass is 214 g/mol. The summed E-state index contributed by atoms with van der Waals surface area (Å²) >= 11 is 0. The van der Waals surface area contributed by atoms with Crippen molar-refractivity contribution in [2.75, 3.05) is 14.1 Å². The van der Waals surface area contributed by atoms with Crippen LogP contribution in [0.3, 0.4) is 0 Å². The Kier molecular flexibility index (Phi) is 6.27. The number of carbonyl (C=O) groups is 2. The maximum atomic E-state index is 10.7. The molecule has 0 bridgehead atoms. The number of nitrogens with one attached hydrogen (secondary N) is 4. The molecule has 0 rings (SSSR count). The molecule has 4 N–H and O–H groups in total. The molecular weight excluding hydrogens is 200 g/mol. The van der Waals surface area contributed by atoms with Gasteiger partial charge < -0.3 is 10.6 Å². The molecule has 0 saturated carbocycles. The van der Waals surface area contributed by atoms with Crippen molar-refractivity contribution >= 4 is 24.0 Å². The van der Waals surface area contributed by atoms with Crippen LogP contribution < -0.4 is 21.5 Å². The van der Waals surface area contributed by atoms with Gasteiger partial charge in [0, 0.05) is 14.1 Å². The molecule has 8 nitrogen and oxygen atoms in total. The minimum atomic E-state index is -0.432. The Morgan fingerprint density at radius 3 is 2.13 bits per heavy atom. The molecule has 0 aliphatic heterocycles. The lowest BCUT2D eigenvalue weighted by Gasteiger charge is -1.98. The first-order valence-corrected chi connectivity index (χ1v) is 4.13. The summed E-state index contributed by atoms with van der Waals surface area (Å²) in [5.41, 5.74) is 4.82. The molecule has 0 aromatic heterocycles. The molecule has 84 valence electrons. The van der Waals surface area contributed by atoms with Gasteiger partial charge in [0.15, 0.2) is 0 Å². The van der Waals surface area contributed by atoms with Crippen molar-refractivity contribution in [2.24, 2.45) is 10.2 Å². The zero-order chi connectivity index (χ0) is 11.7. The third-order valence-electron chi connectivity index (χ3n) is 1.21. The van der Waals surface area contributed by atoms with E-state index in [0.717, 1.165) is 0 Å². The highest BCUT2D eigenvalue weighted by atomic mass is 16.2. The van der Waals surface area contributed by atoms with Gasteiger partial charge in [-0.05, 0) is 6.92 Å². The van der Waals surface area contributed by atoms with Crippen LogP contribution in [-0.2, 0) is 0 Å². The summed E-state index contributed by atoms with van der Waals surface area (Å²) in [6.07, 6.45) is 1.30. The standard InChI is InChI=1S/C7H14N6O2/c1-5(11-13-7(15)9-3)4-10-12-6(14)8-2/h4H,1-3H3,(H2,8,12,14)(H2,9,13,15)/b10-4+,11-5?. The van der Waals surface area contributed by atoms with Gasteiger partial charge in [0.25, 0.3) is 0 Å². The second-order valence-electron chi connectivity index (χ2n) is 2.39. The predicted molar refractivity (Wildman–Crippen MR) is 56.8 cm³/mol. The zero-order valence-corrected chi connectivity index (χ0v) is 8.79. The Bertz CT molecular complexity index is 285. The molecule has 8 heteroatoms. The van der Waals surface area contributed by atoms with Crippen molar-refractivity contribution in [1.29, 1.82) is 0 Å². The van der Waals surface area contributed by atoms with Gasteiger partial charge in [0.1, 0.15) is 0 Å². The molecule has 4 amide bonds. The summed E-state index contributed by atoms with van der Waals surface area (Å²) in [6, 6.07) is -0.861. The van der Waals surface area contributed by atoms with Gasteiger partial charge >= 0.3 is 12.1 Å². The molecule has 0 radical (unpaired) electrons. The molecule has 0 spiro atoms. The van der Waals surface area contributed by atoms with Crippen LogP contribution in [0, 0.1) is 0 Å². The van der Waals surface area contributed by atoms with Gasteiger partial charge in [-0.25, -0.2) is 20.4 Å². The third kappa shape index (κ3) is 6.99. The first-order chi connectivity index (χ1) is 7.10. The van der Waals surface area contributed by atoms with Crippen molar-refractivity contribution < 1.29 is 9.59 Å². The summed E-state index contributed by atoms with van der Waals surface area (Å²) in [7, 11) is 2.94. The number of hydrogen-bond donors (Lipinski definition) is 4. The van der Waals surface area contributed by atoms with E-state index in [9.17, 15) is 9.59 Å². The molecule has 15 heavy (non-hydrogen) atoms. The van der Waals surface area contributed by atoms with Gasteiger partial charge in [-0.15, -0.1) is 0 Å².